The Labute approximate surface area is 159 Å². The van der Waals surface area contributed by atoms with E-state index in [9.17, 15) is 14.7 Å². The third-order valence-electron chi connectivity index (χ3n) is 4.83. The number of hydrogen-bond acceptors (Lipinski definition) is 5. The molecule has 1 aromatic rings. The van der Waals surface area contributed by atoms with Crippen LogP contribution in [0.25, 0.3) is 6.08 Å². The fraction of sp³-hybridized carbons (Fsp3) is 0.500. The summed E-state index contributed by atoms with van der Waals surface area (Å²) in [4.78, 5) is 25.7. The second-order valence-electron chi connectivity index (χ2n) is 7.08. The van der Waals surface area contributed by atoms with Crippen LogP contribution < -0.4 is 14.8 Å². The molecule has 2 N–H and O–H groups in total. The summed E-state index contributed by atoms with van der Waals surface area (Å²) in [6.45, 7) is 7.14. The van der Waals surface area contributed by atoms with E-state index in [4.69, 9.17) is 9.47 Å². The van der Waals surface area contributed by atoms with E-state index in [1.54, 1.807) is 13.0 Å². The monoisotopic (exact) mass is 376 g/mol. The first-order valence-electron chi connectivity index (χ1n) is 8.98. The number of β-amino-alcohol motifs (C(OH)–C–C–N with tert-alkyl or cyclic N) is 1. The highest BCUT2D eigenvalue weighted by Gasteiger charge is 2.49. The molecule has 0 aliphatic carbocycles. The molecule has 27 heavy (non-hydrogen) atoms. The van der Waals surface area contributed by atoms with Gasteiger partial charge in [0.05, 0.1) is 13.7 Å². The average molecular weight is 376 g/mol. The Bertz CT molecular complexity index is 731. The van der Waals surface area contributed by atoms with Crippen LogP contribution in [0, 0.1) is 5.92 Å². The summed E-state index contributed by atoms with van der Waals surface area (Å²) in [5.41, 5.74) is 0.0123. The van der Waals surface area contributed by atoms with Gasteiger partial charge in [-0.3, -0.25) is 9.69 Å². The second-order valence-corrected chi connectivity index (χ2v) is 7.08. The van der Waals surface area contributed by atoms with Crippen LogP contribution in [-0.2, 0) is 4.79 Å². The van der Waals surface area contributed by atoms with Gasteiger partial charge >= 0.3 is 6.03 Å². The van der Waals surface area contributed by atoms with Gasteiger partial charge in [0.25, 0.3) is 5.91 Å². The number of carbonyl (C=O) groups excluding carboxylic acids is 2. The Morgan fingerprint density at radius 3 is 2.56 bits per heavy atom. The van der Waals surface area contributed by atoms with Crippen LogP contribution in [0.5, 0.6) is 11.5 Å². The third-order valence-corrected chi connectivity index (χ3v) is 4.83. The number of carbonyl (C=O) groups is 2. The van der Waals surface area contributed by atoms with E-state index in [1.165, 1.54) is 7.11 Å². The van der Waals surface area contributed by atoms with Crippen molar-refractivity contribution >= 4 is 18.0 Å². The number of nitrogens with one attached hydrogen (secondary N) is 1. The molecule has 0 bridgehead atoms. The lowest BCUT2D eigenvalue weighted by Crippen LogP contribution is -2.49. The molecule has 0 aromatic heterocycles. The summed E-state index contributed by atoms with van der Waals surface area (Å²) in [5.74, 6) is 0.622. The number of imide groups is 1. The third kappa shape index (κ3) is 4.42. The molecule has 1 aliphatic heterocycles. The highest BCUT2D eigenvalue weighted by Crippen LogP contribution is 2.29. The number of urea groups is 1. The van der Waals surface area contributed by atoms with Gasteiger partial charge in [0, 0.05) is 0 Å². The Hall–Kier alpha value is -2.54. The molecule has 1 fully saturated rings. The van der Waals surface area contributed by atoms with Gasteiger partial charge in [-0.05, 0) is 37.5 Å². The van der Waals surface area contributed by atoms with Gasteiger partial charge in [0.2, 0.25) is 0 Å². The van der Waals surface area contributed by atoms with Crippen LogP contribution in [0.1, 0.15) is 33.3 Å². The highest BCUT2D eigenvalue weighted by atomic mass is 16.5. The molecule has 0 radical (unpaired) electrons. The second kappa shape index (κ2) is 8.43. The van der Waals surface area contributed by atoms with Crippen molar-refractivity contribution < 1.29 is 24.2 Å². The predicted octanol–water partition coefficient (Wildman–Crippen LogP) is 2.43. The van der Waals surface area contributed by atoms with E-state index < -0.39 is 17.7 Å². The number of allylic oxidation sites excluding steroid dienone is 1. The quantitative estimate of drug-likeness (QED) is 0.681. The lowest BCUT2D eigenvalue weighted by molar-refractivity contribution is -0.133. The van der Waals surface area contributed by atoms with Crippen molar-refractivity contribution in [3.05, 3.63) is 29.8 Å². The van der Waals surface area contributed by atoms with Crippen LogP contribution in [-0.4, -0.2) is 53.8 Å². The molecular formula is C20H28N2O5. The molecule has 1 aliphatic rings. The molecule has 3 amide bonds. The Morgan fingerprint density at radius 1 is 1.30 bits per heavy atom. The van der Waals surface area contributed by atoms with Crippen LogP contribution in [0.3, 0.4) is 0 Å². The number of benzene rings is 1. The smallest absolute Gasteiger partial charge is 0.325 e. The van der Waals surface area contributed by atoms with E-state index in [1.807, 2.05) is 45.1 Å². The first-order valence-corrected chi connectivity index (χ1v) is 8.98. The number of amides is 3. The summed E-state index contributed by atoms with van der Waals surface area (Å²) in [7, 11) is 1.54. The number of aliphatic hydroxyl groups is 1. The molecule has 148 valence electrons. The van der Waals surface area contributed by atoms with Crippen LogP contribution >= 0.6 is 0 Å². The minimum atomic E-state index is -1.02. The first-order chi connectivity index (χ1) is 12.7. The summed E-state index contributed by atoms with van der Waals surface area (Å²) in [6, 6.07) is 4.96. The van der Waals surface area contributed by atoms with Gasteiger partial charge in [0.15, 0.2) is 11.5 Å². The molecule has 7 nitrogen and oxygen atoms in total. The van der Waals surface area contributed by atoms with E-state index in [-0.39, 0.29) is 25.0 Å². The zero-order chi connectivity index (χ0) is 20.2. The normalized spacial score (nSPS) is 21.1. The van der Waals surface area contributed by atoms with Gasteiger partial charge in [-0.1, -0.05) is 32.1 Å². The zero-order valence-corrected chi connectivity index (χ0v) is 16.5. The summed E-state index contributed by atoms with van der Waals surface area (Å²) < 4.78 is 11.0. The molecule has 0 saturated carbocycles. The maximum atomic E-state index is 12.6. The molecule has 0 unspecified atom stereocenters. The summed E-state index contributed by atoms with van der Waals surface area (Å²) in [5, 5.41) is 13.0. The van der Waals surface area contributed by atoms with Crippen molar-refractivity contribution in [3.8, 4) is 11.5 Å². The van der Waals surface area contributed by atoms with Crippen LogP contribution in [0.2, 0.25) is 0 Å². The molecule has 1 heterocycles. The van der Waals surface area contributed by atoms with Crippen molar-refractivity contribution in [1.82, 2.24) is 10.2 Å². The lowest BCUT2D eigenvalue weighted by Gasteiger charge is -2.26. The van der Waals surface area contributed by atoms with Crippen molar-refractivity contribution in [2.75, 3.05) is 20.3 Å². The Kier molecular flexibility index (Phi) is 6.49. The SMILES string of the molecule is C/C=C\c1ccc(OC[C@H](O)CN2C(=O)N[C@](C)(C(C)C)C2=O)c(OC)c1. The van der Waals surface area contributed by atoms with Crippen molar-refractivity contribution in [1.29, 1.82) is 0 Å². The standard InChI is InChI=1S/C20H28N2O5/c1-6-7-14-8-9-16(17(10-14)26-5)27-12-15(23)11-22-18(24)20(4,13(2)3)21-19(22)25/h6-10,13,15,23H,11-12H2,1-5H3,(H,21,25)/b7-6-/t15-,20-/m1/s1. The molecule has 1 aromatic carbocycles. The maximum Gasteiger partial charge on any atom is 0.325 e. The number of nitrogens with zero attached hydrogens (tertiary/aromatic N) is 1. The average Bonchev–Trinajstić information content (AvgIpc) is 2.85. The number of hydrogen-bond donors (Lipinski definition) is 2. The predicted molar refractivity (Wildman–Crippen MR) is 103 cm³/mol. The molecule has 0 spiro atoms. The molecule has 1 saturated heterocycles. The maximum absolute atomic E-state index is 12.6. The van der Waals surface area contributed by atoms with E-state index >= 15 is 0 Å². The van der Waals surface area contributed by atoms with Gasteiger partial charge < -0.3 is 19.9 Å². The molecule has 2 atom stereocenters. The zero-order valence-electron chi connectivity index (χ0n) is 16.5. The largest absolute Gasteiger partial charge is 0.493 e. The van der Waals surface area contributed by atoms with Crippen molar-refractivity contribution in [3.63, 3.8) is 0 Å². The summed E-state index contributed by atoms with van der Waals surface area (Å²) >= 11 is 0. The van der Waals surface area contributed by atoms with Gasteiger partial charge in [-0.2, -0.15) is 0 Å². The van der Waals surface area contributed by atoms with Gasteiger partial charge in [0.1, 0.15) is 18.2 Å². The Morgan fingerprint density at radius 2 is 2.00 bits per heavy atom. The lowest BCUT2D eigenvalue weighted by atomic mass is 9.88. The highest BCUT2D eigenvalue weighted by molar-refractivity contribution is 6.07. The van der Waals surface area contributed by atoms with E-state index in [2.05, 4.69) is 5.32 Å². The van der Waals surface area contributed by atoms with Crippen molar-refractivity contribution in [2.45, 2.75) is 39.3 Å². The van der Waals surface area contributed by atoms with E-state index in [0.717, 1.165) is 10.5 Å². The molecular weight excluding hydrogens is 348 g/mol. The molecule has 7 heteroatoms. The van der Waals surface area contributed by atoms with Crippen LogP contribution in [0.15, 0.2) is 24.3 Å². The van der Waals surface area contributed by atoms with Gasteiger partial charge in [-0.15, -0.1) is 0 Å². The number of methoxy groups -OCH3 is 1. The van der Waals surface area contributed by atoms with E-state index in [0.29, 0.717) is 11.5 Å². The molecule has 2 rings (SSSR count). The number of aliphatic hydroxyl groups excluding tert-OH is 1. The number of ether oxygens (including phenoxy) is 2. The van der Waals surface area contributed by atoms with Gasteiger partial charge in [-0.25, -0.2) is 4.79 Å². The summed E-state index contributed by atoms with van der Waals surface area (Å²) in [6.07, 6.45) is 2.83. The van der Waals surface area contributed by atoms with Crippen molar-refractivity contribution in [2.24, 2.45) is 5.92 Å². The topological polar surface area (TPSA) is 88.1 Å². The fourth-order valence-electron chi connectivity index (χ4n) is 2.82. The Balaban J connectivity index is 2.00. The minimum Gasteiger partial charge on any atom is -0.493 e. The number of rotatable bonds is 8. The fourth-order valence-corrected chi connectivity index (χ4v) is 2.82. The minimum absolute atomic E-state index is 0.0627. The first kappa shape index (κ1) is 20.8. The van der Waals surface area contributed by atoms with Crippen LogP contribution in [0.4, 0.5) is 4.79 Å².